The van der Waals surface area contributed by atoms with Crippen LogP contribution in [0.5, 0.6) is 0 Å². The Balaban J connectivity index is 1.20. The molecular weight excluding hydrogens is 440 g/mol. The zero-order chi connectivity index (χ0) is 23.9. The molecule has 1 N–H and O–H groups in total. The quantitative estimate of drug-likeness (QED) is 0.705. The van der Waals surface area contributed by atoms with Crippen LogP contribution in [0.4, 0.5) is 19.3 Å². The maximum absolute atomic E-state index is 13.5. The number of nitrogens with zero attached hydrogens (tertiary/aromatic N) is 4. The molecule has 7 nitrogen and oxygen atoms in total. The van der Waals surface area contributed by atoms with Gasteiger partial charge in [-0.15, -0.1) is 0 Å². The van der Waals surface area contributed by atoms with E-state index in [1.54, 1.807) is 15.6 Å². The number of halogens is 2. The van der Waals surface area contributed by atoms with Crippen LogP contribution in [0.25, 0.3) is 5.52 Å². The topological polar surface area (TPSA) is 70.0 Å². The largest absolute Gasteiger partial charge is 0.328 e. The van der Waals surface area contributed by atoms with Crippen molar-refractivity contribution in [2.24, 2.45) is 11.8 Å². The number of hydrogen-bond donors (Lipinski definition) is 1. The summed E-state index contributed by atoms with van der Waals surface area (Å²) in [4.78, 5) is 27.9. The number of hydrogen-bond acceptors (Lipinski definition) is 4. The van der Waals surface area contributed by atoms with Crippen molar-refractivity contribution >= 4 is 23.1 Å². The van der Waals surface area contributed by atoms with E-state index in [1.807, 2.05) is 6.20 Å². The van der Waals surface area contributed by atoms with Crippen LogP contribution in [-0.4, -0.2) is 58.1 Å². The third-order valence-corrected chi connectivity index (χ3v) is 7.89. The third-order valence-electron chi connectivity index (χ3n) is 7.89. The molecule has 0 spiro atoms. The van der Waals surface area contributed by atoms with E-state index in [1.165, 1.54) is 5.56 Å². The fraction of sp³-hybridized carbons (Fsp3) is 0.640. The van der Waals surface area contributed by atoms with Gasteiger partial charge in [0.1, 0.15) is 0 Å². The highest BCUT2D eigenvalue weighted by molar-refractivity contribution is 6.07. The molecule has 34 heavy (non-hydrogen) atoms. The molecule has 2 saturated heterocycles. The lowest BCUT2D eigenvalue weighted by atomic mass is 9.83. The van der Waals surface area contributed by atoms with E-state index in [-0.39, 0.29) is 25.2 Å². The van der Waals surface area contributed by atoms with Gasteiger partial charge in [0.05, 0.1) is 17.4 Å². The van der Waals surface area contributed by atoms with E-state index in [0.717, 1.165) is 37.9 Å². The fourth-order valence-corrected chi connectivity index (χ4v) is 5.86. The minimum Gasteiger partial charge on any atom is -0.300 e. The van der Waals surface area contributed by atoms with Crippen LogP contribution >= 0.6 is 0 Å². The maximum Gasteiger partial charge on any atom is 0.328 e. The molecule has 0 bridgehead atoms. The number of pyridine rings is 1. The maximum atomic E-state index is 13.5. The lowest BCUT2D eigenvalue weighted by molar-refractivity contribution is -0.120. The van der Waals surface area contributed by atoms with Gasteiger partial charge in [-0.05, 0) is 75.1 Å². The van der Waals surface area contributed by atoms with E-state index in [4.69, 9.17) is 0 Å². The summed E-state index contributed by atoms with van der Waals surface area (Å²) >= 11 is 0. The zero-order valence-electron chi connectivity index (χ0n) is 19.7. The number of carbonyl (C=O) groups excluding carboxylic acids is 2. The number of fused-ring (bicyclic) bond motifs is 1. The number of aromatic nitrogens is 2. The fourth-order valence-electron chi connectivity index (χ4n) is 5.86. The molecule has 4 heterocycles. The van der Waals surface area contributed by atoms with E-state index in [0.29, 0.717) is 43.0 Å². The molecule has 1 aliphatic carbocycles. The molecule has 1 saturated carbocycles. The third kappa shape index (κ3) is 4.94. The first-order valence-electron chi connectivity index (χ1n) is 12.5. The van der Waals surface area contributed by atoms with Crippen molar-refractivity contribution in [3.63, 3.8) is 0 Å². The summed E-state index contributed by atoms with van der Waals surface area (Å²) in [7, 11) is 0. The molecule has 0 aromatic carbocycles. The highest BCUT2D eigenvalue weighted by atomic mass is 19.3. The lowest BCUT2D eigenvalue weighted by Gasteiger charge is -2.41. The second-order valence-electron chi connectivity index (χ2n) is 10.4. The van der Waals surface area contributed by atoms with E-state index in [2.05, 4.69) is 34.4 Å². The van der Waals surface area contributed by atoms with Gasteiger partial charge in [-0.25, -0.2) is 18.1 Å². The molecular formula is C25H33F2N5O2. The SMILES string of the molecule is C[C@H]1C[C@H](Cc2ccn3ncc(N4CCC(=O)NC4=O)c3c2)CCN1CC1CCC(F)(F)CC1. The molecule has 2 aliphatic heterocycles. The molecule has 2 aromatic rings. The van der Waals surface area contributed by atoms with Crippen LogP contribution < -0.4 is 10.2 Å². The summed E-state index contributed by atoms with van der Waals surface area (Å²) in [6.07, 6.45) is 8.38. The number of rotatable bonds is 5. The molecule has 3 fully saturated rings. The molecule has 3 amide bonds. The van der Waals surface area contributed by atoms with Gasteiger partial charge in [0.25, 0.3) is 0 Å². The average molecular weight is 474 g/mol. The standard InChI is InChI=1S/C25H33F2N5O2/c1-17-12-19(4-9-30(17)16-18-2-7-25(26,27)8-3-18)13-20-5-11-32-21(14-20)22(15-28-32)31-10-6-23(33)29-24(31)34/h5,11,14-15,17-19H,2-4,6-10,12-13,16H2,1H3,(H,29,33,34)/t17-,19+/m0/s1. The minimum atomic E-state index is -2.46. The number of piperidine rings is 1. The molecule has 5 rings (SSSR count). The number of imide groups is 1. The van der Waals surface area contributed by atoms with Crippen molar-refractivity contribution in [1.29, 1.82) is 0 Å². The summed E-state index contributed by atoms with van der Waals surface area (Å²) in [5, 5.41) is 6.75. The average Bonchev–Trinajstić information content (AvgIpc) is 3.20. The van der Waals surface area contributed by atoms with Gasteiger partial charge in [0.2, 0.25) is 11.8 Å². The van der Waals surface area contributed by atoms with Crippen molar-refractivity contribution in [3.05, 3.63) is 30.1 Å². The van der Waals surface area contributed by atoms with Gasteiger partial charge < -0.3 is 4.90 Å². The number of amides is 3. The monoisotopic (exact) mass is 473 g/mol. The smallest absolute Gasteiger partial charge is 0.300 e. The van der Waals surface area contributed by atoms with Gasteiger partial charge in [-0.3, -0.25) is 15.0 Å². The van der Waals surface area contributed by atoms with Gasteiger partial charge in [-0.1, -0.05) is 0 Å². The molecule has 2 atom stereocenters. The van der Waals surface area contributed by atoms with E-state index >= 15 is 0 Å². The zero-order valence-corrected chi connectivity index (χ0v) is 19.7. The van der Waals surface area contributed by atoms with Crippen molar-refractivity contribution in [3.8, 4) is 0 Å². The van der Waals surface area contributed by atoms with Crippen LogP contribution in [0.3, 0.4) is 0 Å². The molecule has 2 aromatic heterocycles. The molecule has 3 aliphatic rings. The predicted octanol–water partition coefficient (Wildman–Crippen LogP) is 4.25. The second kappa shape index (κ2) is 9.24. The van der Waals surface area contributed by atoms with E-state index < -0.39 is 12.0 Å². The summed E-state index contributed by atoms with van der Waals surface area (Å²) in [6, 6.07) is 4.23. The normalized spacial score (nSPS) is 26.7. The highest BCUT2D eigenvalue weighted by Crippen LogP contribution is 2.37. The Bertz CT molecular complexity index is 1060. The van der Waals surface area contributed by atoms with Gasteiger partial charge in [0, 0.05) is 44.6 Å². The van der Waals surface area contributed by atoms with Crippen LogP contribution in [-0.2, 0) is 11.2 Å². The van der Waals surface area contributed by atoms with Crippen LogP contribution in [0.2, 0.25) is 0 Å². The van der Waals surface area contributed by atoms with Crippen molar-refractivity contribution in [2.45, 2.75) is 70.3 Å². The Labute approximate surface area is 198 Å². The Morgan fingerprint density at radius 1 is 1.15 bits per heavy atom. The number of likely N-dealkylation sites (tertiary alicyclic amines) is 1. The number of anilines is 1. The number of alkyl halides is 2. The van der Waals surface area contributed by atoms with Crippen molar-refractivity contribution in [2.75, 3.05) is 24.5 Å². The van der Waals surface area contributed by atoms with Gasteiger partial charge in [0.15, 0.2) is 0 Å². The molecule has 9 heteroatoms. The summed E-state index contributed by atoms with van der Waals surface area (Å²) in [5.74, 6) is -1.75. The Kier molecular flexibility index (Phi) is 6.31. The summed E-state index contributed by atoms with van der Waals surface area (Å²) < 4.78 is 28.7. The number of carbonyl (C=O) groups is 2. The lowest BCUT2D eigenvalue weighted by Crippen LogP contribution is -2.49. The Morgan fingerprint density at radius 3 is 2.68 bits per heavy atom. The second-order valence-corrected chi connectivity index (χ2v) is 10.4. The summed E-state index contributed by atoms with van der Waals surface area (Å²) in [5.41, 5.74) is 2.79. The molecule has 184 valence electrons. The number of urea groups is 1. The minimum absolute atomic E-state index is 0.0387. The molecule has 0 radical (unpaired) electrons. The highest BCUT2D eigenvalue weighted by Gasteiger charge is 2.36. The van der Waals surface area contributed by atoms with Crippen LogP contribution in [0.15, 0.2) is 24.5 Å². The van der Waals surface area contributed by atoms with Gasteiger partial charge in [-0.2, -0.15) is 5.10 Å². The number of nitrogens with one attached hydrogen (secondary N) is 1. The first-order valence-corrected chi connectivity index (χ1v) is 12.5. The summed E-state index contributed by atoms with van der Waals surface area (Å²) in [6.45, 7) is 4.57. The Morgan fingerprint density at radius 2 is 1.94 bits per heavy atom. The first-order chi connectivity index (χ1) is 16.3. The van der Waals surface area contributed by atoms with Gasteiger partial charge >= 0.3 is 6.03 Å². The van der Waals surface area contributed by atoms with Crippen LogP contribution in [0.1, 0.15) is 57.4 Å². The van der Waals surface area contributed by atoms with Crippen molar-refractivity contribution in [1.82, 2.24) is 19.8 Å². The predicted molar refractivity (Wildman–Crippen MR) is 125 cm³/mol. The van der Waals surface area contributed by atoms with Crippen LogP contribution in [0, 0.1) is 11.8 Å². The molecule has 0 unspecified atom stereocenters. The first kappa shape index (κ1) is 23.2. The van der Waals surface area contributed by atoms with E-state index in [9.17, 15) is 18.4 Å². The Hall–Kier alpha value is -2.55. The van der Waals surface area contributed by atoms with Crippen molar-refractivity contribution < 1.29 is 18.4 Å².